The minimum absolute atomic E-state index is 0.271. The molecule has 116 valence electrons. The number of aromatic nitrogens is 1. The molecule has 3 rings (SSSR count). The lowest BCUT2D eigenvalue weighted by molar-refractivity contribution is 0.0952. The summed E-state index contributed by atoms with van der Waals surface area (Å²) in [6.07, 6.45) is 3.31. The quantitative estimate of drug-likeness (QED) is 0.747. The van der Waals surface area contributed by atoms with Crippen LogP contribution in [0.5, 0.6) is 5.75 Å². The predicted molar refractivity (Wildman–Crippen MR) is 84.4 cm³/mol. The molecule has 1 aromatic carbocycles. The molecule has 2 aromatic heterocycles. The molecule has 0 aliphatic heterocycles. The van der Waals surface area contributed by atoms with E-state index in [2.05, 4.69) is 10.3 Å². The first-order chi connectivity index (χ1) is 11.2. The molecule has 1 N–H and O–H groups in total. The van der Waals surface area contributed by atoms with Gasteiger partial charge in [0.2, 0.25) is 0 Å². The zero-order valence-corrected chi connectivity index (χ0v) is 12.4. The summed E-state index contributed by atoms with van der Waals surface area (Å²) in [6.45, 7) is 0.346. The van der Waals surface area contributed by atoms with Crippen LogP contribution in [0.25, 0.3) is 11.0 Å². The van der Waals surface area contributed by atoms with E-state index >= 15 is 0 Å². The molecule has 23 heavy (non-hydrogen) atoms. The predicted octanol–water partition coefficient (Wildman–Crippen LogP) is 2.13. The van der Waals surface area contributed by atoms with Crippen LogP contribution in [0.1, 0.15) is 15.9 Å². The minimum atomic E-state index is -0.584. The van der Waals surface area contributed by atoms with E-state index in [1.807, 2.05) is 12.1 Å². The van der Waals surface area contributed by atoms with Gasteiger partial charge in [-0.05, 0) is 29.8 Å². The highest BCUT2D eigenvalue weighted by Gasteiger charge is 2.13. The average Bonchev–Trinajstić information content (AvgIpc) is 2.59. The van der Waals surface area contributed by atoms with Gasteiger partial charge in [-0.15, -0.1) is 0 Å². The number of carbonyl (C=O) groups excluding carboxylic acids is 1. The van der Waals surface area contributed by atoms with Crippen molar-refractivity contribution in [1.82, 2.24) is 10.3 Å². The number of amides is 1. The second-order valence-corrected chi connectivity index (χ2v) is 4.88. The summed E-state index contributed by atoms with van der Waals surface area (Å²) in [5.41, 5.74) is 0.918. The van der Waals surface area contributed by atoms with Gasteiger partial charge in [0.1, 0.15) is 11.3 Å². The molecule has 0 radical (unpaired) electrons. The van der Waals surface area contributed by atoms with E-state index in [9.17, 15) is 9.59 Å². The van der Waals surface area contributed by atoms with Crippen LogP contribution < -0.4 is 15.7 Å². The molecule has 2 heterocycles. The van der Waals surface area contributed by atoms with Crippen molar-refractivity contribution < 1.29 is 13.9 Å². The van der Waals surface area contributed by atoms with Crippen molar-refractivity contribution in [1.29, 1.82) is 0 Å². The van der Waals surface area contributed by atoms with Gasteiger partial charge in [-0.3, -0.25) is 9.78 Å². The Labute approximate surface area is 131 Å². The third kappa shape index (κ3) is 3.21. The fraction of sp³-hybridized carbons (Fsp3) is 0.118. The lowest BCUT2D eigenvalue weighted by atomic mass is 10.1. The molecule has 0 atom stereocenters. The maximum absolute atomic E-state index is 12.4. The fourth-order valence-electron chi connectivity index (χ4n) is 2.24. The number of benzene rings is 1. The molecular formula is C17H14N2O4. The third-order valence-corrected chi connectivity index (χ3v) is 3.40. The normalized spacial score (nSPS) is 10.5. The summed E-state index contributed by atoms with van der Waals surface area (Å²) >= 11 is 0. The Morgan fingerprint density at radius 2 is 2.00 bits per heavy atom. The number of methoxy groups -OCH3 is 1. The Kier molecular flexibility index (Phi) is 4.05. The Morgan fingerprint density at radius 3 is 2.74 bits per heavy atom. The van der Waals surface area contributed by atoms with E-state index in [1.165, 1.54) is 13.2 Å². The number of carbonyl (C=O) groups is 1. The number of fused-ring (bicyclic) bond motifs is 1. The Balaban J connectivity index is 1.92. The molecule has 0 bridgehead atoms. The maximum Gasteiger partial charge on any atom is 0.337 e. The van der Waals surface area contributed by atoms with E-state index in [1.54, 1.807) is 30.6 Å². The Bertz CT molecular complexity index is 903. The summed E-state index contributed by atoms with van der Waals surface area (Å²) in [5.74, 6) is 0.208. The number of hydrogen-bond donors (Lipinski definition) is 1. The van der Waals surface area contributed by atoms with Crippen molar-refractivity contribution in [3.05, 3.63) is 70.3 Å². The van der Waals surface area contributed by atoms with Gasteiger partial charge in [-0.1, -0.05) is 0 Å². The highest BCUT2D eigenvalue weighted by Crippen LogP contribution is 2.22. The molecular weight excluding hydrogens is 296 g/mol. The smallest absolute Gasteiger partial charge is 0.337 e. The SMILES string of the molecule is COc1ccc2c(C(=O)NCc3ccncc3)cc(=O)oc2c1. The molecule has 0 aliphatic carbocycles. The topological polar surface area (TPSA) is 81.4 Å². The van der Waals surface area contributed by atoms with Crippen LogP contribution >= 0.6 is 0 Å². The van der Waals surface area contributed by atoms with Crippen molar-refractivity contribution in [2.45, 2.75) is 6.54 Å². The van der Waals surface area contributed by atoms with Crippen LogP contribution in [0.4, 0.5) is 0 Å². The molecule has 0 fully saturated rings. The molecule has 0 spiro atoms. The first kappa shape index (κ1) is 14.8. The van der Waals surface area contributed by atoms with Gasteiger partial charge in [0.15, 0.2) is 0 Å². The molecule has 6 nitrogen and oxygen atoms in total. The van der Waals surface area contributed by atoms with Crippen molar-refractivity contribution in [2.24, 2.45) is 0 Å². The highest BCUT2D eigenvalue weighted by molar-refractivity contribution is 6.05. The number of nitrogens with zero attached hydrogens (tertiary/aromatic N) is 1. The Hall–Kier alpha value is -3.15. The monoisotopic (exact) mass is 310 g/mol. The fourth-order valence-corrected chi connectivity index (χ4v) is 2.24. The van der Waals surface area contributed by atoms with Gasteiger partial charge >= 0.3 is 5.63 Å². The van der Waals surface area contributed by atoms with E-state index in [4.69, 9.17) is 9.15 Å². The number of nitrogens with one attached hydrogen (secondary N) is 1. The van der Waals surface area contributed by atoms with Crippen LogP contribution in [-0.4, -0.2) is 18.0 Å². The lowest BCUT2D eigenvalue weighted by Crippen LogP contribution is -2.24. The van der Waals surface area contributed by atoms with Crippen molar-refractivity contribution in [2.75, 3.05) is 7.11 Å². The van der Waals surface area contributed by atoms with E-state index < -0.39 is 5.63 Å². The first-order valence-corrected chi connectivity index (χ1v) is 6.96. The summed E-state index contributed by atoms with van der Waals surface area (Å²) in [4.78, 5) is 28.0. The molecule has 0 unspecified atom stereocenters. The van der Waals surface area contributed by atoms with Gasteiger partial charge < -0.3 is 14.5 Å². The molecule has 3 aromatic rings. The average molecular weight is 310 g/mol. The number of rotatable bonds is 4. The van der Waals surface area contributed by atoms with Gasteiger partial charge in [0.05, 0.1) is 12.7 Å². The second kappa shape index (κ2) is 6.31. The molecule has 0 saturated heterocycles. The summed E-state index contributed by atoms with van der Waals surface area (Å²) in [7, 11) is 1.52. The van der Waals surface area contributed by atoms with Crippen LogP contribution in [0, 0.1) is 0 Å². The molecule has 0 saturated carbocycles. The van der Waals surface area contributed by atoms with E-state index in [0.717, 1.165) is 5.56 Å². The molecule has 6 heteroatoms. The van der Waals surface area contributed by atoms with Crippen molar-refractivity contribution >= 4 is 16.9 Å². The van der Waals surface area contributed by atoms with Gasteiger partial charge in [0.25, 0.3) is 5.91 Å². The molecule has 1 amide bonds. The zero-order chi connectivity index (χ0) is 16.2. The van der Waals surface area contributed by atoms with E-state index in [-0.39, 0.29) is 11.5 Å². The van der Waals surface area contributed by atoms with Crippen LogP contribution in [0.2, 0.25) is 0 Å². The number of hydrogen-bond acceptors (Lipinski definition) is 5. The van der Waals surface area contributed by atoms with Crippen LogP contribution in [-0.2, 0) is 6.54 Å². The summed E-state index contributed by atoms with van der Waals surface area (Å²) in [6, 6.07) is 9.79. The van der Waals surface area contributed by atoms with Gasteiger partial charge in [-0.2, -0.15) is 0 Å². The summed E-state index contributed by atoms with van der Waals surface area (Å²) in [5, 5.41) is 3.34. The Morgan fingerprint density at radius 1 is 1.22 bits per heavy atom. The lowest BCUT2D eigenvalue weighted by Gasteiger charge is -2.08. The number of ether oxygens (including phenoxy) is 1. The standard InChI is InChI=1S/C17H14N2O4/c1-22-12-2-3-13-14(9-16(20)23-15(13)8-12)17(21)19-10-11-4-6-18-7-5-11/h2-9H,10H2,1H3,(H,19,21). The van der Waals surface area contributed by atoms with Crippen molar-refractivity contribution in [3.63, 3.8) is 0 Å². The first-order valence-electron chi connectivity index (χ1n) is 6.96. The minimum Gasteiger partial charge on any atom is -0.497 e. The van der Waals surface area contributed by atoms with Gasteiger partial charge in [-0.25, -0.2) is 4.79 Å². The highest BCUT2D eigenvalue weighted by atomic mass is 16.5. The third-order valence-electron chi connectivity index (χ3n) is 3.40. The zero-order valence-electron chi connectivity index (χ0n) is 12.4. The van der Waals surface area contributed by atoms with E-state index in [0.29, 0.717) is 23.3 Å². The largest absolute Gasteiger partial charge is 0.497 e. The number of pyridine rings is 1. The van der Waals surface area contributed by atoms with Crippen LogP contribution in [0.15, 0.2) is 58.0 Å². The molecule has 0 aliphatic rings. The summed E-state index contributed by atoms with van der Waals surface area (Å²) < 4.78 is 10.2. The second-order valence-electron chi connectivity index (χ2n) is 4.88. The van der Waals surface area contributed by atoms with Gasteiger partial charge in [0, 0.05) is 36.5 Å². The van der Waals surface area contributed by atoms with Crippen LogP contribution in [0.3, 0.4) is 0 Å². The maximum atomic E-state index is 12.4. The van der Waals surface area contributed by atoms with Crippen molar-refractivity contribution in [3.8, 4) is 5.75 Å².